The van der Waals surface area contributed by atoms with Gasteiger partial charge in [-0.05, 0) is 50.2 Å². The monoisotopic (exact) mass is 455 g/mol. The minimum absolute atomic E-state index is 0.103. The summed E-state index contributed by atoms with van der Waals surface area (Å²) in [5.41, 5.74) is 1.63. The number of hydrogen-bond donors (Lipinski definition) is 4. The van der Waals surface area contributed by atoms with Gasteiger partial charge < -0.3 is 21.1 Å². The van der Waals surface area contributed by atoms with E-state index in [1.54, 1.807) is 24.3 Å². The number of carboxylic acids is 1. The third kappa shape index (κ3) is 6.15. The lowest BCUT2D eigenvalue weighted by Crippen LogP contribution is -2.31. The number of benzene rings is 1. The predicted octanol–water partition coefficient (Wildman–Crippen LogP) is 5.24. The topological polar surface area (TPSA) is 90.5 Å². The molecule has 0 saturated heterocycles. The number of carbonyl (C=O) groups is 2. The average molecular weight is 456 g/mol. The van der Waals surface area contributed by atoms with Gasteiger partial charge in [0.2, 0.25) is 0 Å². The fraction of sp³-hybridized carbons (Fsp3) is 0.538. The number of aliphatic carboxylic acids is 1. The summed E-state index contributed by atoms with van der Waals surface area (Å²) in [5.74, 6) is -1.85. The molecular formula is C26H34FN3O3. The van der Waals surface area contributed by atoms with E-state index in [-0.39, 0.29) is 29.5 Å². The molecule has 0 heterocycles. The Hall–Kier alpha value is -2.83. The molecule has 7 heteroatoms. The van der Waals surface area contributed by atoms with Gasteiger partial charge in [-0.1, -0.05) is 50.3 Å². The normalized spacial score (nSPS) is 21.5. The van der Waals surface area contributed by atoms with Crippen LogP contribution in [0.15, 0.2) is 35.9 Å². The summed E-state index contributed by atoms with van der Waals surface area (Å²) in [7, 11) is 0. The number of allylic oxidation sites excluding steroid dienone is 1. The van der Waals surface area contributed by atoms with Crippen LogP contribution in [0, 0.1) is 11.7 Å². The second kappa shape index (κ2) is 10.9. The van der Waals surface area contributed by atoms with Crippen LogP contribution in [0.4, 0.5) is 15.8 Å². The number of amides is 1. The lowest BCUT2D eigenvalue weighted by Gasteiger charge is -2.25. The van der Waals surface area contributed by atoms with Crippen LogP contribution in [0.2, 0.25) is 0 Å². The molecule has 0 bridgehead atoms. The number of anilines is 2. The molecule has 1 unspecified atom stereocenters. The number of hydrogen-bond acceptors (Lipinski definition) is 4. The van der Waals surface area contributed by atoms with Crippen LogP contribution in [-0.4, -0.2) is 35.6 Å². The summed E-state index contributed by atoms with van der Waals surface area (Å²) in [6, 6.07) is 3.64. The number of halogens is 1. The van der Waals surface area contributed by atoms with Crippen LogP contribution in [0.5, 0.6) is 0 Å². The van der Waals surface area contributed by atoms with Crippen molar-refractivity contribution in [2.45, 2.75) is 76.3 Å². The Kier molecular flexibility index (Phi) is 7.68. The zero-order chi connectivity index (χ0) is 23.2. The van der Waals surface area contributed by atoms with Gasteiger partial charge in [0.25, 0.3) is 5.91 Å². The summed E-state index contributed by atoms with van der Waals surface area (Å²) in [5, 5.41) is 18.9. The fourth-order valence-electron chi connectivity index (χ4n) is 5.10. The van der Waals surface area contributed by atoms with Crippen LogP contribution in [0.3, 0.4) is 0 Å². The Balaban J connectivity index is 1.49. The Labute approximate surface area is 194 Å². The highest BCUT2D eigenvalue weighted by molar-refractivity contribution is 6.00. The molecule has 1 aromatic carbocycles. The molecule has 4 N–H and O–H groups in total. The zero-order valence-corrected chi connectivity index (χ0v) is 19.0. The molecule has 1 aromatic rings. The molecule has 3 aliphatic rings. The molecule has 178 valence electrons. The van der Waals surface area contributed by atoms with Crippen molar-refractivity contribution in [2.75, 3.05) is 17.2 Å². The second-order valence-corrected chi connectivity index (χ2v) is 9.52. The Morgan fingerprint density at radius 2 is 1.58 bits per heavy atom. The van der Waals surface area contributed by atoms with Crippen LogP contribution in [0.1, 0.15) is 74.6 Å². The largest absolute Gasteiger partial charge is 0.478 e. The van der Waals surface area contributed by atoms with Gasteiger partial charge in [0.05, 0.1) is 16.8 Å². The van der Waals surface area contributed by atoms with Crippen LogP contribution in [0.25, 0.3) is 0 Å². The molecule has 0 spiro atoms. The molecule has 4 rings (SSSR count). The molecule has 2 fully saturated rings. The molecule has 0 aliphatic heterocycles. The van der Waals surface area contributed by atoms with Gasteiger partial charge >= 0.3 is 5.97 Å². The van der Waals surface area contributed by atoms with Crippen molar-refractivity contribution in [3.63, 3.8) is 0 Å². The fourth-order valence-corrected chi connectivity index (χ4v) is 5.10. The van der Waals surface area contributed by atoms with Gasteiger partial charge in [-0.25, -0.2) is 9.18 Å². The molecule has 2 saturated carbocycles. The number of rotatable bonds is 8. The van der Waals surface area contributed by atoms with Gasteiger partial charge in [-0.2, -0.15) is 0 Å². The molecule has 3 aliphatic carbocycles. The molecule has 0 radical (unpaired) electrons. The van der Waals surface area contributed by atoms with Crippen molar-refractivity contribution in [3.8, 4) is 0 Å². The Morgan fingerprint density at radius 3 is 2.24 bits per heavy atom. The molecule has 0 aromatic heterocycles. The van der Waals surface area contributed by atoms with E-state index in [0.29, 0.717) is 29.9 Å². The van der Waals surface area contributed by atoms with E-state index in [1.807, 2.05) is 0 Å². The van der Waals surface area contributed by atoms with Gasteiger partial charge in [0.15, 0.2) is 0 Å². The van der Waals surface area contributed by atoms with Crippen molar-refractivity contribution in [3.05, 3.63) is 47.3 Å². The highest BCUT2D eigenvalue weighted by Gasteiger charge is 2.23. The van der Waals surface area contributed by atoms with E-state index in [0.717, 1.165) is 51.4 Å². The first kappa shape index (κ1) is 23.3. The molecule has 6 nitrogen and oxygen atoms in total. The Bertz CT molecular complexity index is 931. The van der Waals surface area contributed by atoms with Gasteiger partial charge in [-0.3, -0.25) is 4.79 Å². The quantitative estimate of drug-likeness (QED) is 0.430. The van der Waals surface area contributed by atoms with E-state index < -0.39 is 11.8 Å². The summed E-state index contributed by atoms with van der Waals surface area (Å²) < 4.78 is 15.0. The summed E-state index contributed by atoms with van der Waals surface area (Å²) in [6.45, 7) is 0.298. The van der Waals surface area contributed by atoms with Crippen molar-refractivity contribution >= 4 is 23.3 Å². The van der Waals surface area contributed by atoms with Crippen molar-refractivity contribution in [2.24, 2.45) is 5.92 Å². The Morgan fingerprint density at radius 1 is 0.939 bits per heavy atom. The van der Waals surface area contributed by atoms with Crippen molar-refractivity contribution in [1.29, 1.82) is 0 Å². The van der Waals surface area contributed by atoms with Crippen LogP contribution < -0.4 is 16.0 Å². The standard InChI is InChI=1S/C26H34FN3O3/c27-22-14-21(25(31)28-16-17-7-6-8-18(13-17)26(32)33)23(29-19-11-4-5-12-19)15-24(22)30-20-9-2-1-3-10-20/h6,8,13-15,17,19-20,29-30H,1-5,7,9-12,16H2,(H,28,31)(H,32,33). The molecular weight excluding hydrogens is 421 g/mol. The first-order valence-electron chi connectivity index (χ1n) is 12.3. The second-order valence-electron chi connectivity index (χ2n) is 9.52. The van der Waals surface area contributed by atoms with E-state index in [1.165, 1.54) is 12.5 Å². The van der Waals surface area contributed by atoms with Crippen molar-refractivity contribution in [1.82, 2.24) is 5.32 Å². The van der Waals surface area contributed by atoms with Crippen molar-refractivity contribution < 1.29 is 19.1 Å². The SMILES string of the molecule is O=C(O)C1=CC(CNC(=O)c2cc(F)c(NC3CCCCC3)cc2NC2CCCC2)CC=C1. The average Bonchev–Trinajstić information content (AvgIpc) is 3.33. The lowest BCUT2D eigenvalue weighted by molar-refractivity contribution is -0.132. The van der Waals surface area contributed by atoms with Gasteiger partial charge in [0.1, 0.15) is 5.82 Å². The van der Waals surface area contributed by atoms with E-state index >= 15 is 4.39 Å². The highest BCUT2D eigenvalue weighted by atomic mass is 19.1. The maximum absolute atomic E-state index is 15.0. The van der Waals surface area contributed by atoms with Crippen LogP contribution in [-0.2, 0) is 4.79 Å². The number of carboxylic acid groups (broad SMARTS) is 1. The zero-order valence-electron chi connectivity index (χ0n) is 19.0. The van der Waals surface area contributed by atoms with Crippen LogP contribution >= 0.6 is 0 Å². The maximum atomic E-state index is 15.0. The molecule has 33 heavy (non-hydrogen) atoms. The number of nitrogens with one attached hydrogen (secondary N) is 3. The smallest absolute Gasteiger partial charge is 0.335 e. The third-order valence-corrected chi connectivity index (χ3v) is 6.95. The predicted molar refractivity (Wildman–Crippen MR) is 128 cm³/mol. The van der Waals surface area contributed by atoms with Gasteiger partial charge in [-0.15, -0.1) is 0 Å². The third-order valence-electron chi connectivity index (χ3n) is 6.95. The summed E-state index contributed by atoms with van der Waals surface area (Å²) in [6.07, 6.45) is 15.7. The highest BCUT2D eigenvalue weighted by Crippen LogP contribution is 2.31. The maximum Gasteiger partial charge on any atom is 0.335 e. The minimum Gasteiger partial charge on any atom is -0.478 e. The first-order valence-corrected chi connectivity index (χ1v) is 12.3. The summed E-state index contributed by atoms with van der Waals surface area (Å²) in [4.78, 5) is 24.3. The molecule has 1 amide bonds. The van der Waals surface area contributed by atoms with E-state index in [2.05, 4.69) is 16.0 Å². The minimum atomic E-state index is -0.978. The van der Waals surface area contributed by atoms with E-state index in [4.69, 9.17) is 0 Å². The van der Waals surface area contributed by atoms with E-state index in [9.17, 15) is 14.7 Å². The first-order chi connectivity index (χ1) is 16.0. The van der Waals surface area contributed by atoms with Gasteiger partial charge in [0, 0.05) is 24.3 Å². The lowest BCUT2D eigenvalue weighted by atomic mass is 9.95. The summed E-state index contributed by atoms with van der Waals surface area (Å²) >= 11 is 0. The molecule has 1 atom stereocenters. The number of carbonyl (C=O) groups excluding carboxylic acids is 1.